The van der Waals surface area contributed by atoms with Gasteiger partial charge in [-0.3, -0.25) is 14.9 Å². The minimum absolute atomic E-state index is 0.0100. The monoisotopic (exact) mass is 389 g/mol. The van der Waals surface area contributed by atoms with Crippen molar-refractivity contribution in [2.75, 3.05) is 32.0 Å². The van der Waals surface area contributed by atoms with Gasteiger partial charge in [0.05, 0.1) is 17.1 Å². The first kappa shape index (κ1) is 21.2. The van der Waals surface area contributed by atoms with Crippen molar-refractivity contribution in [1.29, 1.82) is 0 Å². The summed E-state index contributed by atoms with van der Waals surface area (Å²) < 4.78 is 0. The van der Waals surface area contributed by atoms with Gasteiger partial charge in [-0.1, -0.05) is 37.0 Å². The number of hydrogen-bond donors (Lipinski definition) is 4. The van der Waals surface area contributed by atoms with E-state index in [4.69, 9.17) is 23.2 Å². The number of quaternary nitrogens is 1. The van der Waals surface area contributed by atoms with Crippen LogP contribution in [0.2, 0.25) is 10.0 Å². The van der Waals surface area contributed by atoms with Crippen LogP contribution in [0.25, 0.3) is 0 Å². The molecule has 0 aliphatic heterocycles. The van der Waals surface area contributed by atoms with Gasteiger partial charge in [-0.2, -0.15) is 0 Å². The van der Waals surface area contributed by atoms with Gasteiger partial charge in [0.25, 0.3) is 11.8 Å². The minimum Gasteiger partial charge on any atom is -0.338 e. The Bertz CT molecular complexity index is 638. The average molecular weight is 390 g/mol. The third kappa shape index (κ3) is 8.72. The van der Waals surface area contributed by atoms with E-state index in [-0.39, 0.29) is 19.0 Å². The van der Waals surface area contributed by atoms with E-state index in [9.17, 15) is 14.4 Å². The molecule has 1 aromatic carbocycles. The van der Waals surface area contributed by atoms with Crippen molar-refractivity contribution < 1.29 is 19.3 Å². The molecule has 4 amide bonds. The molecule has 1 unspecified atom stereocenters. The Morgan fingerprint density at radius 2 is 1.72 bits per heavy atom. The van der Waals surface area contributed by atoms with Crippen LogP contribution in [0.1, 0.15) is 13.8 Å². The van der Waals surface area contributed by atoms with Crippen LogP contribution < -0.4 is 20.9 Å². The van der Waals surface area contributed by atoms with Crippen LogP contribution in [-0.2, 0) is 9.59 Å². The predicted octanol–water partition coefficient (Wildman–Crippen LogP) is 0.928. The molecule has 0 aliphatic rings. The van der Waals surface area contributed by atoms with Crippen molar-refractivity contribution in [3.63, 3.8) is 0 Å². The van der Waals surface area contributed by atoms with Gasteiger partial charge in [-0.05, 0) is 24.1 Å². The number of likely N-dealkylation sites (N-methyl/N-ethyl adjacent to an activating group) is 1. The molecule has 9 heteroatoms. The van der Waals surface area contributed by atoms with E-state index in [1.54, 1.807) is 25.2 Å². The zero-order valence-corrected chi connectivity index (χ0v) is 15.9. The summed E-state index contributed by atoms with van der Waals surface area (Å²) >= 11 is 11.7. The van der Waals surface area contributed by atoms with Crippen LogP contribution in [0, 0.1) is 5.92 Å². The molecule has 138 valence electrons. The highest BCUT2D eigenvalue weighted by Crippen LogP contribution is 2.24. The number of halogens is 2. The second-order valence-electron chi connectivity index (χ2n) is 6.14. The highest BCUT2D eigenvalue weighted by Gasteiger charge is 2.16. The van der Waals surface area contributed by atoms with Crippen molar-refractivity contribution in [1.82, 2.24) is 10.6 Å². The van der Waals surface area contributed by atoms with E-state index in [0.29, 0.717) is 33.1 Å². The lowest BCUT2D eigenvalue weighted by Crippen LogP contribution is -3.11. The SMILES string of the molecule is CC(C)CNC(=O)NC(=O)C[NH+](C)CC(=O)Nc1ccc(Cl)c(Cl)c1. The van der Waals surface area contributed by atoms with Gasteiger partial charge < -0.3 is 15.5 Å². The summed E-state index contributed by atoms with van der Waals surface area (Å²) in [5.74, 6) is -0.451. The number of carbonyl (C=O) groups excluding carboxylic acids is 3. The normalized spacial score (nSPS) is 11.8. The second kappa shape index (κ2) is 10.2. The summed E-state index contributed by atoms with van der Waals surface area (Å²) in [4.78, 5) is 35.9. The molecular weight excluding hydrogens is 367 g/mol. The van der Waals surface area contributed by atoms with Gasteiger partial charge in [0.2, 0.25) is 0 Å². The van der Waals surface area contributed by atoms with Crippen molar-refractivity contribution in [2.45, 2.75) is 13.8 Å². The Morgan fingerprint density at radius 1 is 1.08 bits per heavy atom. The number of nitrogens with one attached hydrogen (secondary N) is 4. The van der Waals surface area contributed by atoms with E-state index in [0.717, 1.165) is 0 Å². The number of benzene rings is 1. The van der Waals surface area contributed by atoms with Gasteiger partial charge >= 0.3 is 6.03 Å². The maximum Gasteiger partial charge on any atom is 0.321 e. The Labute approximate surface area is 157 Å². The van der Waals surface area contributed by atoms with E-state index in [1.165, 1.54) is 0 Å². The Morgan fingerprint density at radius 3 is 2.32 bits per heavy atom. The first-order chi connectivity index (χ1) is 11.7. The molecule has 0 spiro atoms. The van der Waals surface area contributed by atoms with E-state index in [1.807, 2.05) is 13.8 Å². The van der Waals surface area contributed by atoms with Gasteiger partial charge in [0.1, 0.15) is 0 Å². The number of amides is 4. The standard InChI is InChI=1S/C16H22Cl2N4O3/c1-10(2)7-19-16(25)21-15(24)9-22(3)8-14(23)20-11-4-5-12(17)13(18)6-11/h4-6,10H,7-9H2,1-3H3,(H,20,23)(H2,19,21,24,25)/p+1. The number of hydrogen-bond acceptors (Lipinski definition) is 3. The lowest BCUT2D eigenvalue weighted by Gasteiger charge is -2.14. The topological polar surface area (TPSA) is 91.7 Å². The molecular formula is C16H23Cl2N4O3+. The van der Waals surface area contributed by atoms with Crippen LogP contribution >= 0.6 is 23.2 Å². The number of carbonyl (C=O) groups is 3. The van der Waals surface area contributed by atoms with Crippen molar-refractivity contribution in [3.05, 3.63) is 28.2 Å². The molecule has 1 atom stereocenters. The Kier molecular flexibility index (Phi) is 8.68. The quantitative estimate of drug-likeness (QED) is 0.558. The van der Waals surface area contributed by atoms with Crippen molar-refractivity contribution in [3.8, 4) is 0 Å². The fraction of sp³-hybridized carbons (Fsp3) is 0.438. The number of anilines is 1. The molecule has 0 heterocycles. The van der Waals surface area contributed by atoms with E-state index < -0.39 is 11.9 Å². The summed E-state index contributed by atoms with van der Waals surface area (Å²) in [5.41, 5.74) is 0.518. The number of imide groups is 1. The highest BCUT2D eigenvalue weighted by molar-refractivity contribution is 6.42. The van der Waals surface area contributed by atoms with E-state index in [2.05, 4.69) is 16.0 Å². The minimum atomic E-state index is -0.535. The van der Waals surface area contributed by atoms with Crippen LogP contribution in [0.15, 0.2) is 18.2 Å². The summed E-state index contributed by atoms with van der Waals surface area (Å²) in [6.07, 6.45) is 0. The molecule has 25 heavy (non-hydrogen) atoms. The summed E-state index contributed by atoms with van der Waals surface area (Å²) in [6.45, 7) is 4.43. The predicted molar refractivity (Wildman–Crippen MR) is 98.1 cm³/mol. The molecule has 7 nitrogen and oxygen atoms in total. The third-order valence-corrected chi connectivity index (χ3v) is 3.79. The van der Waals surface area contributed by atoms with Crippen LogP contribution in [0.4, 0.5) is 10.5 Å². The van der Waals surface area contributed by atoms with Crippen LogP contribution in [-0.4, -0.2) is 44.5 Å². The van der Waals surface area contributed by atoms with Gasteiger partial charge in [-0.25, -0.2) is 4.79 Å². The molecule has 0 aliphatic carbocycles. The molecule has 0 bridgehead atoms. The Balaban J connectivity index is 2.38. The third-order valence-electron chi connectivity index (χ3n) is 3.05. The largest absolute Gasteiger partial charge is 0.338 e. The first-order valence-corrected chi connectivity index (χ1v) is 8.57. The molecule has 4 N–H and O–H groups in total. The van der Waals surface area contributed by atoms with Gasteiger partial charge in [-0.15, -0.1) is 0 Å². The fourth-order valence-corrected chi connectivity index (χ4v) is 2.20. The zero-order chi connectivity index (χ0) is 19.0. The summed E-state index contributed by atoms with van der Waals surface area (Å²) in [6, 6.07) is 4.22. The summed E-state index contributed by atoms with van der Waals surface area (Å²) in [5, 5.41) is 8.23. The highest BCUT2D eigenvalue weighted by atomic mass is 35.5. The van der Waals surface area contributed by atoms with Crippen molar-refractivity contribution in [2.24, 2.45) is 5.92 Å². The number of rotatable bonds is 7. The molecule has 0 radical (unpaired) electrons. The first-order valence-electron chi connectivity index (χ1n) is 7.81. The molecule has 1 aromatic rings. The zero-order valence-electron chi connectivity index (χ0n) is 14.4. The average Bonchev–Trinajstić information content (AvgIpc) is 2.48. The van der Waals surface area contributed by atoms with E-state index >= 15 is 0 Å². The van der Waals surface area contributed by atoms with Crippen LogP contribution in [0.3, 0.4) is 0 Å². The number of urea groups is 1. The smallest absolute Gasteiger partial charge is 0.321 e. The maximum absolute atomic E-state index is 12.0. The lowest BCUT2D eigenvalue weighted by atomic mass is 10.2. The molecule has 0 aromatic heterocycles. The maximum atomic E-state index is 12.0. The van der Waals surface area contributed by atoms with Crippen molar-refractivity contribution >= 4 is 46.7 Å². The molecule has 0 saturated carbocycles. The molecule has 0 saturated heterocycles. The molecule has 1 rings (SSSR count). The van der Waals surface area contributed by atoms with Crippen LogP contribution in [0.5, 0.6) is 0 Å². The van der Waals surface area contributed by atoms with Gasteiger partial charge in [0, 0.05) is 12.2 Å². The summed E-state index contributed by atoms with van der Waals surface area (Å²) in [7, 11) is 1.68. The molecule has 0 fully saturated rings. The second-order valence-corrected chi connectivity index (χ2v) is 6.95. The lowest BCUT2D eigenvalue weighted by molar-refractivity contribution is -0.862. The van der Waals surface area contributed by atoms with Gasteiger partial charge in [0.15, 0.2) is 13.1 Å². The Hall–Kier alpha value is -1.83. The fourth-order valence-electron chi connectivity index (χ4n) is 1.90.